The molecule has 0 saturated heterocycles. The second kappa shape index (κ2) is 7.38. The van der Waals surface area contributed by atoms with Gasteiger partial charge in [0.1, 0.15) is 11.2 Å². The highest BCUT2D eigenvalue weighted by molar-refractivity contribution is 6.14. The van der Waals surface area contributed by atoms with Crippen LogP contribution in [0, 0.1) is 19.3 Å². The predicted octanol–water partition coefficient (Wildman–Crippen LogP) is 3.92. The molecule has 25 heavy (non-hydrogen) atoms. The van der Waals surface area contributed by atoms with E-state index in [1.165, 1.54) is 0 Å². The number of hydrogen-bond donors (Lipinski definition) is 2. The van der Waals surface area contributed by atoms with E-state index in [1.54, 1.807) is 45.2 Å². The van der Waals surface area contributed by atoms with Crippen LogP contribution in [-0.4, -0.2) is 18.9 Å². The van der Waals surface area contributed by atoms with Gasteiger partial charge in [-0.15, -0.1) is 0 Å². The first-order valence-corrected chi connectivity index (χ1v) is 8.08. The number of methoxy groups -OCH3 is 1. The van der Waals surface area contributed by atoms with Gasteiger partial charge < -0.3 is 15.4 Å². The van der Waals surface area contributed by atoms with Gasteiger partial charge in [-0.25, -0.2) is 0 Å². The van der Waals surface area contributed by atoms with Crippen molar-refractivity contribution >= 4 is 23.2 Å². The molecule has 0 atom stereocenters. The highest BCUT2D eigenvalue weighted by atomic mass is 16.5. The second-order valence-corrected chi connectivity index (χ2v) is 6.56. The van der Waals surface area contributed by atoms with E-state index in [-0.39, 0.29) is 11.8 Å². The Morgan fingerprint density at radius 1 is 0.880 bits per heavy atom. The minimum atomic E-state index is -1.23. The van der Waals surface area contributed by atoms with Gasteiger partial charge in [0.05, 0.1) is 7.11 Å². The van der Waals surface area contributed by atoms with E-state index in [0.29, 0.717) is 17.1 Å². The van der Waals surface area contributed by atoms with Gasteiger partial charge in [0.2, 0.25) is 11.8 Å². The molecule has 2 N–H and O–H groups in total. The molecule has 0 heterocycles. The van der Waals surface area contributed by atoms with Gasteiger partial charge in [-0.2, -0.15) is 0 Å². The molecule has 2 amide bonds. The Morgan fingerprint density at radius 3 is 2.04 bits per heavy atom. The van der Waals surface area contributed by atoms with Crippen molar-refractivity contribution in [2.24, 2.45) is 5.41 Å². The molecule has 132 valence electrons. The van der Waals surface area contributed by atoms with Crippen LogP contribution >= 0.6 is 0 Å². The van der Waals surface area contributed by atoms with Crippen molar-refractivity contribution in [3.63, 3.8) is 0 Å². The summed E-state index contributed by atoms with van der Waals surface area (Å²) in [6.45, 7) is 7.18. The molecule has 0 bridgehead atoms. The number of amides is 2. The Morgan fingerprint density at radius 2 is 1.48 bits per heavy atom. The Bertz CT molecular complexity index is 797. The molecule has 2 aromatic rings. The first-order chi connectivity index (χ1) is 11.7. The largest absolute Gasteiger partial charge is 0.497 e. The summed E-state index contributed by atoms with van der Waals surface area (Å²) in [5.41, 5.74) is 2.25. The van der Waals surface area contributed by atoms with Crippen molar-refractivity contribution in [2.45, 2.75) is 27.7 Å². The molecule has 0 fully saturated rings. The van der Waals surface area contributed by atoms with Gasteiger partial charge in [0, 0.05) is 17.4 Å². The van der Waals surface area contributed by atoms with Crippen LogP contribution in [0.4, 0.5) is 11.4 Å². The summed E-state index contributed by atoms with van der Waals surface area (Å²) in [7, 11) is 1.56. The normalized spacial score (nSPS) is 10.9. The van der Waals surface area contributed by atoms with Crippen LogP contribution in [0.1, 0.15) is 25.0 Å². The van der Waals surface area contributed by atoms with Crippen molar-refractivity contribution in [3.05, 3.63) is 53.6 Å². The minimum absolute atomic E-state index is 0.365. The molecule has 0 aliphatic rings. The van der Waals surface area contributed by atoms with E-state index in [0.717, 1.165) is 11.1 Å². The number of aryl methyl sites for hydroxylation is 2. The Hall–Kier alpha value is -2.82. The number of carbonyl (C=O) groups excluding carboxylic acids is 2. The lowest BCUT2D eigenvalue weighted by Gasteiger charge is -2.23. The molecule has 0 saturated carbocycles. The molecule has 0 spiro atoms. The highest BCUT2D eigenvalue weighted by Gasteiger charge is 2.36. The van der Waals surface area contributed by atoms with Gasteiger partial charge in [-0.05, 0) is 63.1 Å². The Balaban J connectivity index is 2.11. The summed E-state index contributed by atoms with van der Waals surface area (Å²) in [6.07, 6.45) is 0. The van der Waals surface area contributed by atoms with Crippen LogP contribution in [0.3, 0.4) is 0 Å². The number of rotatable bonds is 5. The lowest BCUT2D eigenvalue weighted by molar-refractivity contribution is -0.135. The molecule has 2 aromatic carbocycles. The molecule has 5 nitrogen and oxygen atoms in total. The quantitative estimate of drug-likeness (QED) is 0.811. The zero-order chi connectivity index (χ0) is 18.6. The molecule has 0 aliphatic carbocycles. The molecule has 0 aliphatic heterocycles. The molecule has 0 radical (unpaired) electrons. The second-order valence-electron chi connectivity index (χ2n) is 6.56. The Labute approximate surface area is 148 Å². The van der Waals surface area contributed by atoms with Crippen LogP contribution in [0.5, 0.6) is 5.75 Å². The monoisotopic (exact) mass is 340 g/mol. The summed E-state index contributed by atoms with van der Waals surface area (Å²) in [5.74, 6) is -0.117. The van der Waals surface area contributed by atoms with E-state index in [4.69, 9.17) is 4.74 Å². The van der Waals surface area contributed by atoms with Gasteiger partial charge in [-0.1, -0.05) is 12.1 Å². The van der Waals surface area contributed by atoms with E-state index in [1.807, 2.05) is 32.0 Å². The topological polar surface area (TPSA) is 67.4 Å². The standard InChI is InChI=1S/C20H24N2O3/c1-13-9-10-16(11-14(13)2)22-19(24)20(3,4)18(23)21-15-7-6-8-17(12-15)25-5/h6-12H,1-5H3,(H,21,23)(H,22,24). The molecule has 0 aromatic heterocycles. The van der Waals surface area contributed by atoms with Crippen LogP contribution in [0.2, 0.25) is 0 Å². The first kappa shape index (κ1) is 18.5. The molecule has 5 heteroatoms. The third kappa shape index (κ3) is 4.38. The van der Waals surface area contributed by atoms with Crippen LogP contribution < -0.4 is 15.4 Å². The fourth-order valence-electron chi connectivity index (χ4n) is 2.20. The van der Waals surface area contributed by atoms with Crippen LogP contribution in [0.25, 0.3) is 0 Å². The maximum atomic E-state index is 12.6. The maximum absolute atomic E-state index is 12.6. The van der Waals surface area contributed by atoms with Gasteiger partial charge in [0.25, 0.3) is 0 Å². The Kier molecular flexibility index (Phi) is 5.47. The number of benzene rings is 2. The highest BCUT2D eigenvalue weighted by Crippen LogP contribution is 2.24. The summed E-state index contributed by atoms with van der Waals surface area (Å²) in [5, 5.41) is 5.58. The van der Waals surface area contributed by atoms with E-state index < -0.39 is 5.41 Å². The predicted molar refractivity (Wildman–Crippen MR) is 100.0 cm³/mol. The van der Waals surface area contributed by atoms with Crippen molar-refractivity contribution in [1.29, 1.82) is 0 Å². The summed E-state index contributed by atoms with van der Waals surface area (Å²) >= 11 is 0. The SMILES string of the molecule is COc1cccc(NC(=O)C(C)(C)C(=O)Nc2ccc(C)c(C)c2)c1. The maximum Gasteiger partial charge on any atom is 0.239 e. The van der Waals surface area contributed by atoms with Gasteiger partial charge in [-0.3, -0.25) is 9.59 Å². The van der Waals surface area contributed by atoms with Crippen molar-refractivity contribution in [1.82, 2.24) is 0 Å². The van der Waals surface area contributed by atoms with E-state index >= 15 is 0 Å². The average Bonchev–Trinajstić information content (AvgIpc) is 2.58. The zero-order valence-corrected chi connectivity index (χ0v) is 15.3. The van der Waals surface area contributed by atoms with Crippen molar-refractivity contribution in [2.75, 3.05) is 17.7 Å². The van der Waals surface area contributed by atoms with E-state index in [9.17, 15) is 9.59 Å². The average molecular weight is 340 g/mol. The number of ether oxygens (including phenoxy) is 1. The van der Waals surface area contributed by atoms with E-state index in [2.05, 4.69) is 10.6 Å². The minimum Gasteiger partial charge on any atom is -0.497 e. The molecule has 0 unspecified atom stereocenters. The number of anilines is 2. The van der Waals surface area contributed by atoms with Crippen LogP contribution in [0.15, 0.2) is 42.5 Å². The first-order valence-electron chi connectivity index (χ1n) is 8.08. The van der Waals surface area contributed by atoms with Crippen molar-refractivity contribution < 1.29 is 14.3 Å². The zero-order valence-electron chi connectivity index (χ0n) is 15.3. The smallest absolute Gasteiger partial charge is 0.239 e. The van der Waals surface area contributed by atoms with Gasteiger partial charge in [0.15, 0.2) is 0 Å². The number of nitrogens with one attached hydrogen (secondary N) is 2. The van der Waals surface area contributed by atoms with Crippen molar-refractivity contribution in [3.8, 4) is 5.75 Å². The number of hydrogen-bond acceptors (Lipinski definition) is 3. The molecular formula is C20H24N2O3. The third-order valence-electron chi connectivity index (χ3n) is 4.23. The summed E-state index contributed by atoms with van der Waals surface area (Å²) in [6, 6.07) is 12.7. The van der Waals surface area contributed by atoms with Gasteiger partial charge >= 0.3 is 0 Å². The summed E-state index contributed by atoms with van der Waals surface area (Å²) in [4.78, 5) is 25.2. The lowest BCUT2D eigenvalue weighted by atomic mass is 9.90. The molecular weight excluding hydrogens is 316 g/mol. The fraction of sp³-hybridized carbons (Fsp3) is 0.300. The lowest BCUT2D eigenvalue weighted by Crippen LogP contribution is -2.41. The number of carbonyl (C=O) groups is 2. The molecule has 2 rings (SSSR count). The van der Waals surface area contributed by atoms with Crippen LogP contribution in [-0.2, 0) is 9.59 Å². The summed E-state index contributed by atoms with van der Waals surface area (Å²) < 4.78 is 5.14. The fourth-order valence-corrected chi connectivity index (χ4v) is 2.20. The third-order valence-corrected chi connectivity index (χ3v) is 4.23.